The van der Waals surface area contributed by atoms with Gasteiger partial charge >= 0.3 is 0 Å². The summed E-state index contributed by atoms with van der Waals surface area (Å²) in [5.41, 5.74) is 0.343. The minimum absolute atomic E-state index is 0. The highest BCUT2D eigenvalue weighted by Gasteiger charge is 2.68. The van der Waals surface area contributed by atoms with E-state index in [0.29, 0.717) is 5.91 Å². The van der Waals surface area contributed by atoms with Crippen molar-refractivity contribution in [3.8, 4) is 0 Å². The third-order valence-electron chi connectivity index (χ3n) is 5.88. The number of rotatable bonds is 4. The van der Waals surface area contributed by atoms with Gasteiger partial charge in [-0.3, -0.25) is 4.79 Å². The maximum atomic E-state index is 12.6. The van der Waals surface area contributed by atoms with Crippen molar-refractivity contribution < 1.29 is 4.79 Å². The van der Waals surface area contributed by atoms with Crippen molar-refractivity contribution in [2.45, 2.75) is 47.5 Å². The average Bonchev–Trinajstić information content (AvgIpc) is 2.77. The second-order valence-electron chi connectivity index (χ2n) is 7.45. The number of hydrogen-bond donors (Lipinski definition) is 1. The molecule has 0 bridgehead atoms. The van der Waals surface area contributed by atoms with E-state index in [1.54, 1.807) is 0 Å². The van der Waals surface area contributed by atoms with Gasteiger partial charge in [-0.25, -0.2) is 0 Å². The van der Waals surface area contributed by atoms with Crippen molar-refractivity contribution in [2.75, 3.05) is 26.2 Å². The molecule has 1 aliphatic carbocycles. The summed E-state index contributed by atoms with van der Waals surface area (Å²) in [6.45, 7) is 15.1. The van der Waals surface area contributed by atoms with Crippen molar-refractivity contribution >= 4 is 18.3 Å². The van der Waals surface area contributed by atoms with Crippen molar-refractivity contribution in [3.05, 3.63) is 0 Å². The van der Waals surface area contributed by atoms with Crippen molar-refractivity contribution in [2.24, 2.45) is 22.7 Å². The van der Waals surface area contributed by atoms with E-state index in [1.165, 1.54) is 0 Å². The Morgan fingerprint density at radius 3 is 2.05 bits per heavy atom. The number of nitrogens with one attached hydrogen (secondary N) is 1. The molecule has 1 heterocycles. The number of likely N-dealkylation sites (tertiary alicyclic amines) is 1. The SMILES string of the molecule is CCNCC1CCN(C(=O)C2C(C)(C)C2(C)C)CC1.Cl. The normalized spacial score (nSPS) is 25.1. The predicted molar refractivity (Wildman–Crippen MR) is 86.1 cm³/mol. The lowest BCUT2D eigenvalue weighted by Crippen LogP contribution is -2.42. The fraction of sp³-hybridized carbons (Fsp3) is 0.938. The summed E-state index contributed by atoms with van der Waals surface area (Å²) in [5, 5.41) is 3.42. The molecule has 0 atom stereocenters. The smallest absolute Gasteiger partial charge is 0.226 e. The van der Waals surface area contributed by atoms with Crippen LogP contribution in [-0.2, 0) is 4.79 Å². The van der Waals surface area contributed by atoms with Crippen LogP contribution in [0.2, 0.25) is 0 Å². The molecule has 0 spiro atoms. The van der Waals surface area contributed by atoms with Crippen LogP contribution in [0.5, 0.6) is 0 Å². The van der Waals surface area contributed by atoms with Gasteiger partial charge in [-0.05, 0) is 42.7 Å². The van der Waals surface area contributed by atoms with Gasteiger partial charge in [0, 0.05) is 19.0 Å². The maximum absolute atomic E-state index is 12.6. The molecule has 0 aromatic heterocycles. The highest BCUT2D eigenvalue weighted by molar-refractivity contribution is 5.85. The lowest BCUT2D eigenvalue weighted by atomic mass is 9.96. The maximum Gasteiger partial charge on any atom is 0.226 e. The largest absolute Gasteiger partial charge is 0.342 e. The monoisotopic (exact) mass is 302 g/mol. The van der Waals surface area contributed by atoms with Gasteiger partial charge < -0.3 is 10.2 Å². The van der Waals surface area contributed by atoms with E-state index >= 15 is 0 Å². The zero-order valence-corrected chi connectivity index (χ0v) is 14.5. The number of halogens is 1. The first kappa shape index (κ1) is 17.8. The second-order valence-corrected chi connectivity index (χ2v) is 7.45. The van der Waals surface area contributed by atoms with E-state index in [4.69, 9.17) is 0 Å². The Labute approximate surface area is 130 Å². The van der Waals surface area contributed by atoms with Crippen LogP contribution in [0.1, 0.15) is 47.5 Å². The third kappa shape index (κ3) is 2.99. The van der Waals surface area contributed by atoms with Crippen LogP contribution >= 0.6 is 12.4 Å². The van der Waals surface area contributed by atoms with Crippen LogP contribution in [0.25, 0.3) is 0 Å². The lowest BCUT2D eigenvalue weighted by Gasteiger charge is -2.32. The van der Waals surface area contributed by atoms with Crippen LogP contribution < -0.4 is 5.32 Å². The van der Waals surface area contributed by atoms with Gasteiger partial charge in [0.1, 0.15) is 0 Å². The predicted octanol–water partition coefficient (Wildman–Crippen LogP) is 2.94. The van der Waals surface area contributed by atoms with Gasteiger partial charge in [-0.2, -0.15) is 0 Å². The number of nitrogens with zero attached hydrogens (tertiary/aromatic N) is 1. The van der Waals surface area contributed by atoms with Gasteiger partial charge in [-0.15, -0.1) is 12.4 Å². The van der Waals surface area contributed by atoms with E-state index in [1.807, 2.05) is 0 Å². The van der Waals surface area contributed by atoms with E-state index < -0.39 is 0 Å². The van der Waals surface area contributed by atoms with E-state index in [2.05, 4.69) is 44.8 Å². The molecule has 1 saturated heterocycles. The highest BCUT2D eigenvalue weighted by Crippen LogP contribution is 2.68. The molecule has 0 aromatic carbocycles. The summed E-state index contributed by atoms with van der Waals surface area (Å²) in [7, 11) is 0. The summed E-state index contributed by atoms with van der Waals surface area (Å²) in [5.74, 6) is 1.38. The van der Waals surface area contributed by atoms with Crippen LogP contribution in [0.3, 0.4) is 0 Å². The Bertz CT molecular complexity index is 332. The number of amides is 1. The van der Waals surface area contributed by atoms with Gasteiger partial charge in [-0.1, -0.05) is 34.6 Å². The Morgan fingerprint density at radius 2 is 1.65 bits per heavy atom. The zero-order chi connectivity index (χ0) is 14.3. The molecule has 1 aliphatic heterocycles. The van der Waals surface area contributed by atoms with Crippen LogP contribution in [-0.4, -0.2) is 37.0 Å². The summed E-state index contributed by atoms with van der Waals surface area (Å²) in [6, 6.07) is 0. The number of carbonyl (C=O) groups excluding carboxylic acids is 1. The molecule has 3 nitrogen and oxygen atoms in total. The molecule has 0 unspecified atom stereocenters. The van der Waals surface area contributed by atoms with Crippen molar-refractivity contribution in [1.82, 2.24) is 10.2 Å². The summed E-state index contributed by atoms with van der Waals surface area (Å²) in [6.07, 6.45) is 2.32. The third-order valence-corrected chi connectivity index (χ3v) is 5.88. The molecule has 2 aliphatic rings. The zero-order valence-electron chi connectivity index (χ0n) is 13.7. The van der Waals surface area contributed by atoms with E-state index in [9.17, 15) is 4.79 Å². The van der Waals surface area contributed by atoms with Crippen molar-refractivity contribution in [3.63, 3.8) is 0 Å². The fourth-order valence-electron chi connectivity index (χ4n) is 3.70. The quantitative estimate of drug-likeness (QED) is 0.866. The summed E-state index contributed by atoms with van der Waals surface area (Å²) >= 11 is 0. The Morgan fingerprint density at radius 1 is 1.15 bits per heavy atom. The summed E-state index contributed by atoms with van der Waals surface area (Å²) < 4.78 is 0. The minimum atomic E-state index is 0. The highest BCUT2D eigenvalue weighted by atomic mass is 35.5. The Balaban J connectivity index is 0.00000200. The van der Waals surface area contributed by atoms with Crippen molar-refractivity contribution in [1.29, 1.82) is 0 Å². The fourth-order valence-corrected chi connectivity index (χ4v) is 3.70. The summed E-state index contributed by atoms with van der Waals surface area (Å²) in [4.78, 5) is 14.7. The molecule has 1 N–H and O–H groups in total. The molecule has 2 fully saturated rings. The first-order valence-corrected chi connectivity index (χ1v) is 7.82. The van der Waals surface area contributed by atoms with Crippen LogP contribution in [0, 0.1) is 22.7 Å². The van der Waals surface area contributed by atoms with E-state index in [-0.39, 0.29) is 29.2 Å². The molecule has 0 aromatic rings. The van der Waals surface area contributed by atoms with Gasteiger partial charge in [0.2, 0.25) is 5.91 Å². The molecule has 1 saturated carbocycles. The standard InChI is InChI=1S/C16H30N2O.ClH/c1-6-17-11-12-7-9-18(10-8-12)14(19)13-15(2,3)16(13,4)5;/h12-13,17H,6-11H2,1-5H3;1H. The molecule has 20 heavy (non-hydrogen) atoms. The molecule has 0 radical (unpaired) electrons. The Hall–Kier alpha value is -0.280. The first-order valence-electron chi connectivity index (χ1n) is 7.82. The topological polar surface area (TPSA) is 32.3 Å². The number of piperidine rings is 1. The average molecular weight is 303 g/mol. The first-order chi connectivity index (χ1) is 8.82. The number of carbonyl (C=O) groups is 1. The molecular weight excluding hydrogens is 272 g/mol. The Kier molecular flexibility index (Phi) is 5.53. The molecule has 4 heteroatoms. The van der Waals surface area contributed by atoms with E-state index in [0.717, 1.165) is 44.9 Å². The minimum Gasteiger partial charge on any atom is -0.342 e. The van der Waals surface area contributed by atoms with Gasteiger partial charge in [0.05, 0.1) is 0 Å². The van der Waals surface area contributed by atoms with Crippen LogP contribution in [0.15, 0.2) is 0 Å². The molecule has 2 rings (SSSR count). The molecule has 118 valence electrons. The van der Waals surface area contributed by atoms with Crippen LogP contribution in [0.4, 0.5) is 0 Å². The lowest BCUT2D eigenvalue weighted by molar-refractivity contribution is -0.135. The number of hydrogen-bond acceptors (Lipinski definition) is 2. The van der Waals surface area contributed by atoms with Gasteiger partial charge in [0.25, 0.3) is 0 Å². The molecule has 1 amide bonds. The molecular formula is C16H31ClN2O. The second kappa shape index (κ2) is 6.23. The van der Waals surface area contributed by atoms with Gasteiger partial charge in [0.15, 0.2) is 0 Å².